The van der Waals surface area contributed by atoms with Crippen molar-refractivity contribution in [2.75, 3.05) is 0 Å². The summed E-state index contributed by atoms with van der Waals surface area (Å²) < 4.78 is 15.3. The van der Waals surface area contributed by atoms with Crippen molar-refractivity contribution in [3.8, 4) is 5.88 Å². The Morgan fingerprint density at radius 2 is 2.00 bits per heavy atom. The van der Waals surface area contributed by atoms with Crippen molar-refractivity contribution in [3.05, 3.63) is 59.4 Å². The lowest BCUT2D eigenvalue weighted by Crippen LogP contribution is -1.97. The fourth-order valence-corrected chi connectivity index (χ4v) is 2.64. The van der Waals surface area contributed by atoms with E-state index in [4.69, 9.17) is 0 Å². The van der Waals surface area contributed by atoms with Crippen LogP contribution in [0.2, 0.25) is 0 Å². The van der Waals surface area contributed by atoms with Gasteiger partial charge in [0, 0.05) is 11.9 Å². The van der Waals surface area contributed by atoms with Gasteiger partial charge in [-0.15, -0.1) is 10.2 Å². The van der Waals surface area contributed by atoms with E-state index in [-0.39, 0.29) is 17.1 Å². The third-order valence-electron chi connectivity index (χ3n) is 3.83. The smallest absolute Gasteiger partial charge is 0.298 e. The maximum absolute atomic E-state index is 13.6. The van der Waals surface area contributed by atoms with Gasteiger partial charge in [0.2, 0.25) is 5.88 Å². The topological polar surface area (TPSA) is 66.9 Å². The van der Waals surface area contributed by atoms with E-state index in [0.717, 1.165) is 11.1 Å². The molecule has 0 aliphatic rings. The summed E-state index contributed by atoms with van der Waals surface area (Å²) in [6.07, 6.45) is 0. The van der Waals surface area contributed by atoms with Gasteiger partial charge in [-0.1, -0.05) is 23.8 Å². The van der Waals surface area contributed by atoms with Crippen molar-refractivity contribution in [2.24, 2.45) is 10.2 Å². The number of hydrogen-bond acceptors (Lipinski definition) is 3. The highest BCUT2D eigenvalue weighted by atomic mass is 19.1. The zero-order valence-electron chi connectivity index (χ0n) is 13.3. The summed E-state index contributed by atoms with van der Waals surface area (Å²) in [5.41, 5.74) is 1.84. The molecular weight excluding hydrogens is 309 g/mol. The molecule has 0 radical (unpaired) electrons. The molecule has 24 heavy (non-hydrogen) atoms. The minimum absolute atomic E-state index is 0.0665. The second-order valence-electron chi connectivity index (χ2n) is 5.42. The molecule has 3 aromatic rings. The van der Waals surface area contributed by atoms with Crippen LogP contribution < -0.4 is 0 Å². The molecule has 2 aromatic carbocycles. The highest BCUT2D eigenvalue weighted by Crippen LogP contribution is 2.39. The van der Waals surface area contributed by atoms with Crippen LogP contribution in [0.5, 0.6) is 5.88 Å². The van der Waals surface area contributed by atoms with Crippen LogP contribution in [0.3, 0.4) is 0 Å². The summed E-state index contributed by atoms with van der Waals surface area (Å²) in [5.74, 6) is -1.52. The number of amides is 1. The third kappa shape index (κ3) is 2.67. The summed E-state index contributed by atoms with van der Waals surface area (Å²) in [6.45, 7) is 4.36. The van der Waals surface area contributed by atoms with Gasteiger partial charge in [-0.25, -0.2) is 4.39 Å². The molecule has 1 heterocycles. The Morgan fingerprint density at radius 3 is 2.71 bits per heavy atom. The molecule has 5 nitrogen and oxygen atoms in total. The van der Waals surface area contributed by atoms with E-state index in [1.807, 2.05) is 32.0 Å². The number of hydrogen-bond donors (Lipinski definition) is 1. The van der Waals surface area contributed by atoms with Crippen LogP contribution in [-0.2, 0) is 6.54 Å². The zero-order valence-corrected chi connectivity index (χ0v) is 13.3. The molecule has 1 N–H and O–H groups in total. The maximum atomic E-state index is 13.6. The molecule has 6 heteroatoms. The number of rotatable bonds is 3. The SMILES string of the molecule is CCn1c(O)c(N=NC(=O)c2ccccc2F)c2cc(C)ccc21. The average molecular weight is 325 g/mol. The van der Waals surface area contributed by atoms with Gasteiger partial charge in [-0.3, -0.25) is 4.79 Å². The molecule has 0 aliphatic carbocycles. The quantitative estimate of drug-likeness (QED) is 0.707. The first-order valence-electron chi connectivity index (χ1n) is 7.55. The number of halogens is 1. The maximum Gasteiger partial charge on any atom is 0.298 e. The highest BCUT2D eigenvalue weighted by molar-refractivity contribution is 5.97. The standard InChI is InChI=1S/C18H16FN3O2/c1-3-22-15-9-8-11(2)10-13(15)16(18(22)24)20-21-17(23)12-6-4-5-7-14(12)19/h4-10,24H,3H2,1-2H3. The number of fused-ring (bicyclic) bond motifs is 1. The summed E-state index contributed by atoms with van der Waals surface area (Å²) in [7, 11) is 0. The van der Waals surface area contributed by atoms with Crippen molar-refractivity contribution >= 4 is 22.5 Å². The number of carbonyl (C=O) groups excluding carboxylic acids is 1. The Kier molecular flexibility index (Phi) is 4.12. The molecular formula is C18H16FN3O2. The van der Waals surface area contributed by atoms with Crippen LogP contribution in [0.25, 0.3) is 10.9 Å². The van der Waals surface area contributed by atoms with Crippen LogP contribution in [0, 0.1) is 12.7 Å². The predicted molar refractivity (Wildman–Crippen MR) is 89.3 cm³/mol. The van der Waals surface area contributed by atoms with Gasteiger partial charge in [-0.2, -0.15) is 0 Å². The minimum atomic E-state index is -0.794. The minimum Gasteiger partial charge on any atom is -0.493 e. The van der Waals surface area contributed by atoms with Gasteiger partial charge >= 0.3 is 0 Å². The lowest BCUT2D eigenvalue weighted by molar-refractivity contribution is 0.0991. The lowest BCUT2D eigenvalue weighted by atomic mass is 10.1. The largest absolute Gasteiger partial charge is 0.493 e. The second kappa shape index (κ2) is 6.23. The van der Waals surface area contributed by atoms with Gasteiger partial charge in [0.25, 0.3) is 5.91 Å². The summed E-state index contributed by atoms with van der Waals surface area (Å²) in [4.78, 5) is 12.0. The molecule has 3 rings (SSSR count). The monoisotopic (exact) mass is 325 g/mol. The van der Waals surface area contributed by atoms with Crippen LogP contribution in [0.4, 0.5) is 10.1 Å². The van der Waals surface area contributed by atoms with E-state index in [1.165, 1.54) is 18.2 Å². The third-order valence-corrected chi connectivity index (χ3v) is 3.83. The number of nitrogens with zero attached hydrogens (tertiary/aromatic N) is 3. The zero-order chi connectivity index (χ0) is 17.3. The molecule has 1 amide bonds. The number of aromatic hydroxyl groups is 1. The number of azo groups is 1. The second-order valence-corrected chi connectivity index (χ2v) is 5.42. The fourth-order valence-electron chi connectivity index (χ4n) is 2.64. The molecule has 0 saturated heterocycles. The van der Waals surface area contributed by atoms with E-state index >= 15 is 0 Å². The number of aromatic nitrogens is 1. The van der Waals surface area contributed by atoms with E-state index in [1.54, 1.807) is 10.6 Å². The van der Waals surface area contributed by atoms with E-state index in [9.17, 15) is 14.3 Å². The van der Waals surface area contributed by atoms with Gasteiger partial charge < -0.3 is 9.67 Å². The first-order valence-corrected chi connectivity index (χ1v) is 7.55. The van der Waals surface area contributed by atoms with E-state index in [0.29, 0.717) is 11.9 Å². The Bertz CT molecular complexity index is 960. The summed E-state index contributed by atoms with van der Waals surface area (Å²) in [6, 6.07) is 11.2. The number of benzene rings is 2. The molecule has 0 aliphatic heterocycles. The number of carbonyl (C=O) groups is 1. The van der Waals surface area contributed by atoms with Crippen LogP contribution in [0.15, 0.2) is 52.7 Å². The predicted octanol–water partition coefficient (Wildman–Crippen LogP) is 4.74. The van der Waals surface area contributed by atoms with Crippen molar-refractivity contribution in [1.29, 1.82) is 0 Å². The average Bonchev–Trinajstić information content (AvgIpc) is 2.83. The summed E-state index contributed by atoms with van der Waals surface area (Å²) in [5, 5.41) is 18.5. The molecule has 0 bridgehead atoms. The molecule has 0 atom stereocenters. The van der Waals surface area contributed by atoms with Crippen molar-refractivity contribution in [2.45, 2.75) is 20.4 Å². The van der Waals surface area contributed by atoms with Gasteiger partial charge in [-0.05, 0) is 38.1 Å². The molecule has 0 saturated carbocycles. The molecule has 0 fully saturated rings. The van der Waals surface area contributed by atoms with Gasteiger partial charge in [0.15, 0.2) is 5.69 Å². The first kappa shape index (κ1) is 15.9. The first-order chi connectivity index (χ1) is 11.5. The molecule has 122 valence electrons. The van der Waals surface area contributed by atoms with Crippen LogP contribution in [-0.4, -0.2) is 15.6 Å². The van der Waals surface area contributed by atoms with Crippen molar-refractivity contribution < 1.29 is 14.3 Å². The summed E-state index contributed by atoms with van der Waals surface area (Å²) >= 11 is 0. The Balaban J connectivity index is 2.07. The van der Waals surface area contributed by atoms with Gasteiger partial charge in [0.1, 0.15) is 5.82 Å². The Labute approximate surface area is 138 Å². The van der Waals surface area contributed by atoms with Crippen molar-refractivity contribution in [1.82, 2.24) is 4.57 Å². The number of aryl methyl sites for hydroxylation is 2. The van der Waals surface area contributed by atoms with Crippen LogP contribution >= 0.6 is 0 Å². The van der Waals surface area contributed by atoms with E-state index < -0.39 is 11.7 Å². The Hall–Kier alpha value is -3.02. The normalized spacial score (nSPS) is 11.5. The lowest BCUT2D eigenvalue weighted by Gasteiger charge is -2.01. The molecule has 1 aromatic heterocycles. The van der Waals surface area contributed by atoms with Gasteiger partial charge in [0.05, 0.1) is 11.1 Å². The van der Waals surface area contributed by atoms with Crippen molar-refractivity contribution in [3.63, 3.8) is 0 Å². The fraction of sp³-hybridized carbons (Fsp3) is 0.167. The van der Waals surface area contributed by atoms with E-state index in [2.05, 4.69) is 10.2 Å². The Morgan fingerprint density at radius 1 is 1.25 bits per heavy atom. The highest BCUT2D eigenvalue weighted by Gasteiger charge is 2.17. The molecule has 0 unspecified atom stereocenters. The van der Waals surface area contributed by atoms with Crippen LogP contribution in [0.1, 0.15) is 22.8 Å². The molecule has 0 spiro atoms.